The van der Waals surface area contributed by atoms with Gasteiger partial charge in [0.25, 0.3) is 0 Å². The smallest absolute Gasteiger partial charge is 0.146 e. The summed E-state index contributed by atoms with van der Waals surface area (Å²) in [6, 6.07) is 9.11. The molecule has 0 amide bonds. The molecule has 1 heterocycles. The molecule has 0 bridgehead atoms. The average Bonchev–Trinajstić information content (AvgIpc) is 2.86. The highest BCUT2D eigenvalue weighted by Gasteiger charge is 2.07. The van der Waals surface area contributed by atoms with Gasteiger partial charge in [0.05, 0.1) is 11.6 Å². The lowest BCUT2D eigenvalue weighted by Crippen LogP contribution is -2.10. The molecule has 0 spiro atoms. The van der Waals surface area contributed by atoms with Gasteiger partial charge in [0.15, 0.2) is 0 Å². The summed E-state index contributed by atoms with van der Waals surface area (Å²) in [5.74, 6) is 2.19. The third-order valence-electron chi connectivity index (χ3n) is 2.55. The first-order valence-corrected chi connectivity index (χ1v) is 6.81. The second kappa shape index (κ2) is 6.85. The zero-order valence-corrected chi connectivity index (χ0v) is 12.1. The van der Waals surface area contributed by atoms with Crippen LogP contribution in [0.4, 0.5) is 0 Å². The predicted molar refractivity (Wildman–Crippen MR) is 76.9 cm³/mol. The van der Waals surface area contributed by atoms with Crippen LogP contribution in [0, 0.1) is 0 Å². The van der Waals surface area contributed by atoms with Crippen LogP contribution in [0.25, 0.3) is 0 Å². The van der Waals surface area contributed by atoms with Gasteiger partial charge in [-0.25, -0.2) is 0 Å². The molecule has 0 unspecified atom stereocenters. The minimum Gasteiger partial charge on any atom is -0.484 e. The van der Waals surface area contributed by atoms with Crippen molar-refractivity contribution in [2.24, 2.45) is 0 Å². The van der Waals surface area contributed by atoms with Crippen LogP contribution in [-0.2, 0) is 13.2 Å². The molecule has 102 valence electrons. The van der Waals surface area contributed by atoms with E-state index in [1.807, 2.05) is 19.1 Å². The van der Waals surface area contributed by atoms with Crippen LogP contribution in [0.1, 0.15) is 18.4 Å². The van der Waals surface area contributed by atoms with E-state index < -0.39 is 0 Å². The van der Waals surface area contributed by atoms with Crippen LogP contribution in [0.15, 0.2) is 34.7 Å². The van der Waals surface area contributed by atoms with Gasteiger partial charge in [-0.2, -0.15) is 0 Å². The van der Waals surface area contributed by atoms with Crippen LogP contribution in [-0.4, -0.2) is 6.54 Å². The van der Waals surface area contributed by atoms with E-state index in [2.05, 4.69) is 5.32 Å². The average molecular weight is 300 g/mol. The lowest BCUT2D eigenvalue weighted by molar-refractivity contribution is 0.265. The van der Waals surface area contributed by atoms with Crippen molar-refractivity contribution in [2.45, 2.75) is 20.1 Å². The van der Waals surface area contributed by atoms with Crippen molar-refractivity contribution in [1.82, 2.24) is 5.32 Å². The Hall–Kier alpha value is -1.16. The molecule has 0 aliphatic heterocycles. The zero-order valence-electron chi connectivity index (χ0n) is 10.6. The van der Waals surface area contributed by atoms with Crippen molar-refractivity contribution in [2.75, 3.05) is 6.54 Å². The summed E-state index contributed by atoms with van der Waals surface area (Å²) < 4.78 is 11.2. The summed E-state index contributed by atoms with van der Waals surface area (Å²) in [5.41, 5.74) is 0. The summed E-state index contributed by atoms with van der Waals surface area (Å²) in [5, 5.41) is 4.09. The summed E-state index contributed by atoms with van der Waals surface area (Å²) in [4.78, 5) is 0. The van der Waals surface area contributed by atoms with Gasteiger partial charge in [-0.15, -0.1) is 0 Å². The third-order valence-corrected chi connectivity index (χ3v) is 3.35. The molecule has 1 N–H and O–H groups in total. The Morgan fingerprint density at radius 1 is 1.16 bits per heavy atom. The predicted octanol–water partition coefficient (Wildman–Crippen LogP) is 4.27. The molecule has 0 radical (unpaired) electrons. The molecule has 0 atom stereocenters. The van der Waals surface area contributed by atoms with Gasteiger partial charge in [-0.05, 0) is 30.8 Å². The van der Waals surface area contributed by atoms with Crippen molar-refractivity contribution >= 4 is 23.2 Å². The molecule has 5 heteroatoms. The van der Waals surface area contributed by atoms with Crippen LogP contribution in [0.5, 0.6) is 5.75 Å². The Morgan fingerprint density at radius 3 is 2.74 bits per heavy atom. The summed E-state index contributed by atoms with van der Waals surface area (Å²) in [6.07, 6.45) is 0. The van der Waals surface area contributed by atoms with Crippen molar-refractivity contribution in [3.8, 4) is 5.75 Å². The monoisotopic (exact) mass is 299 g/mol. The van der Waals surface area contributed by atoms with Gasteiger partial charge >= 0.3 is 0 Å². The van der Waals surface area contributed by atoms with E-state index in [1.165, 1.54) is 0 Å². The minimum atomic E-state index is 0.326. The number of ether oxygens (including phenoxy) is 1. The largest absolute Gasteiger partial charge is 0.484 e. The first-order valence-electron chi connectivity index (χ1n) is 6.06. The van der Waals surface area contributed by atoms with Gasteiger partial charge in [0, 0.05) is 0 Å². The van der Waals surface area contributed by atoms with Gasteiger partial charge in [-0.1, -0.05) is 36.2 Å². The molecule has 3 nitrogen and oxygen atoms in total. The summed E-state index contributed by atoms with van der Waals surface area (Å²) >= 11 is 11.9. The number of hydrogen-bond acceptors (Lipinski definition) is 3. The second-order valence-corrected chi connectivity index (χ2v) is 4.77. The number of benzene rings is 1. The van der Waals surface area contributed by atoms with Crippen molar-refractivity contribution in [3.63, 3.8) is 0 Å². The molecular formula is C14H15Cl2NO2. The van der Waals surface area contributed by atoms with Gasteiger partial charge in [0.2, 0.25) is 0 Å². The fourth-order valence-electron chi connectivity index (χ4n) is 1.59. The second-order valence-electron chi connectivity index (χ2n) is 3.99. The topological polar surface area (TPSA) is 34.4 Å². The Morgan fingerprint density at radius 2 is 1.95 bits per heavy atom. The molecular weight excluding hydrogens is 285 g/mol. The SMILES string of the molecule is CCNCc1ccc(COc2cccc(Cl)c2Cl)o1. The first kappa shape index (κ1) is 14.3. The van der Waals surface area contributed by atoms with Crippen molar-refractivity contribution in [1.29, 1.82) is 0 Å². The highest BCUT2D eigenvalue weighted by atomic mass is 35.5. The highest BCUT2D eigenvalue weighted by molar-refractivity contribution is 6.42. The molecule has 0 saturated carbocycles. The van der Waals surface area contributed by atoms with Crippen LogP contribution in [0.3, 0.4) is 0 Å². The minimum absolute atomic E-state index is 0.326. The number of hydrogen-bond donors (Lipinski definition) is 1. The summed E-state index contributed by atoms with van der Waals surface area (Å²) in [7, 11) is 0. The molecule has 1 aromatic carbocycles. The fourth-order valence-corrected chi connectivity index (χ4v) is 1.93. The molecule has 19 heavy (non-hydrogen) atoms. The molecule has 0 saturated heterocycles. The van der Waals surface area contributed by atoms with E-state index in [4.69, 9.17) is 32.4 Å². The highest BCUT2D eigenvalue weighted by Crippen LogP contribution is 2.31. The first-order chi connectivity index (χ1) is 9.20. The van der Waals surface area contributed by atoms with Crippen LogP contribution in [0.2, 0.25) is 10.0 Å². The van der Waals surface area contributed by atoms with Crippen molar-refractivity contribution in [3.05, 3.63) is 51.9 Å². The van der Waals surface area contributed by atoms with E-state index in [0.717, 1.165) is 18.1 Å². The van der Waals surface area contributed by atoms with E-state index in [-0.39, 0.29) is 0 Å². The number of furan rings is 1. The van der Waals surface area contributed by atoms with Gasteiger partial charge in [0.1, 0.15) is 28.9 Å². The van der Waals surface area contributed by atoms with Crippen molar-refractivity contribution < 1.29 is 9.15 Å². The Labute approximate surface area is 122 Å². The van der Waals surface area contributed by atoms with Crippen LogP contribution >= 0.6 is 23.2 Å². The lowest BCUT2D eigenvalue weighted by atomic mass is 10.3. The van der Waals surface area contributed by atoms with Gasteiger partial charge in [-0.3, -0.25) is 0 Å². The van der Waals surface area contributed by atoms with E-state index in [0.29, 0.717) is 28.9 Å². The molecule has 2 aromatic rings. The molecule has 1 aromatic heterocycles. The number of rotatable bonds is 6. The maximum atomic E-state index is 6.04. The molecule has 0 aliphatic carbocycles. The fraction of sp³-hybridized carbons (Fsp3) is 0.286. The molecule has 0 aliphatic rings. The standard InChI is InChI=1S/C14H15Cl2NO2/c1-2-17-8-10-6-7-11(19-10)9-18-13-5-3-4-12(15)14(13)16/h3-7,17H,2,8-9H2,1H3. The molecule has 0 fully saturated rings. The maximum Gasteiger partial charge on any atom is 0.146 e. The van der Waals surface area contributed by atoms with E-state index >= 15 is 0 Å². The zero-order chi connectivity index (χ0) is 13.7. The van der Waals surface area contributed by atoms with Gasteiger partial charge < -0.3 is 14.5 Å². The Kier molecular flexibility index (Phi) is 5.14. The lowest BCUT2D eigenvalue weighted by Gasteiger charge is -2.07. The number of halogens is 2. The Bertz CT molecular complexity index is 540. The number of nitrogens with one attached hydrogen (secondary N) is 1. The quantitative estimate of drug-likeness (QED) is 0.865. The van der Waals surface area contributed by atoms with Crippen LogP contribution < -0.4 is 10.1 Å². The third kappa shape index (κ3) is 3.90. The van der Waals surface area contributed by atoms with E-state index in [9.17, 15) is 0 Å². The Balaban J connectivity index is 1.95. The van der Waals surface area contributed by atoms with E-state index in [1.54, 1.807) is 18.2 Å². The maximum absolute atomic E-state index is 6.04. The molecule has 2 rings (SSSR count). The normalized spacial score (nSPS) is 10.7. The summed E-state index contributed by atoms with van der Waals surface area (Å²) in [6.45, 7) is 4.00.